The van der Waals surface area contributed by atoms with E-state index in [4.69, 9.17) is 17.7 Å². The highest BCUT2D eigenvalue weighted by molar-refractivity contribution is 6.53. The maximum Gasteiger partial charge on any atom is 0.679 e. The standard InChI is InChI=1S/C6H15O4Si/c1-5-6-10-11(7-2,8-3)9-4/h6H,5H2,1-4H3. The average molecular weight is 179 g/mol. The van der Waals surface area contributed by atoms with Gasteiger partial charge in [0.15, 0.2) is 0 Å². The topological polar surface area (TPSA) is 36.9 Å². The van der Waals surface area contributed by atoms with E-state index >= 15 is 0 Å². The molecule has 0 atom stereocenters. The van der Waals surface area contributed by atoms with Gasteiger partial charge >= 0.3 is 9.05 Å². The highest BCUT2D eigenvalue weighted by atomic mass is 28.4. The number of rotatable bonds is 6. The molecule has 0 aromatic rings. The van der Waals surface area contributed by atoms with Crippen LogP contribution in [-0.2, 0) is 17.7 Å². The average Bonchev–Trinajstić information content (AvgIpc) is 2.08. The summed E-state index contributed by atoms with van der Waals surface area (Å²) in [5.74, 6) is 0. The molecule has 0 N–H and O–H groups in total. The Bertz CT molecular complexity index is 86.3. The third-order valence-electron chi connectivity index (χ3n) is 1.14. The minimum Gasteiger partial charge on any atom is -0.355 e. The third kappa shape index (κ3) is 3.30. The lowest BCUT2D eigenvalue weighted by molar-refractivity contribution is 0.0229. The number of hydrogen-bond donors (Lipinski definition) is 0. The molecule has 0 aliphatic carbocycles. The first kappa shape index (κ1) is 11.1. The summed E-state index contributed by atoms with van der Waals surface area (Å²) in [6.45, 7) is 3.57. The van der Waals surface area contributed by atoms with E-state index in [0.29, 0.717) is 0 Å². The van der Waals surface area contributed by atoms with Gasteiger partial charge in [0.1, 0.15) is 0 Å². The predicted molar refractivity (Wildman–Crippen MR) is 42.5 cm³/mol. The number of hydrogen-bond acceptors (Lipinski definition) is 4. The molecule has 0 aliphatic rings. The van der Waals surface area contributed by atoms with Gasteiger partial charge in [0, 0.05) is 21.3 Å². The van der Waals surface area contributed by atoms with Crippen LogP contribution in [-0.4, -0.2) is 30.4 Å². The van der Waals surface area contributed by atoms with Crippen molar-refractivity contribution in [2.75, 3.05) is 21.3 Å². The van der Waals surface area contributed by atoms with Crippen LogP contribution < -0.4 is 0 Å². The molecule has 0 spiro atoms. The van der Waals surface area contributed by atoms with Gasteiger partial charge in [-0.3, -0.25) is 0 Å². The van der Waals surface area contributed by atoms with Crippen LogP contribution in [0.1, 0.15) is 13.3 Å². The zero-order chi connectivity index (χ0) is 8.74. The first-order valence-electron chi connectivity index (χ1n) is 3.39. The minimum atomic E-state index is -2.79. The van der Waals surface area contributed by atoms with E-state index in [1.165, 1.54) is 21.3 Å². The van der Waals surface area contributed by atoms with Gasteiger partial charge in [0.2, 0.25) is 0 Å². The molecule has 0 aromatic carbocycles. The van der Waals surface area contributed by atoms with Gasteiger partial charge in [-0.05, 0) is 6.42 Å². The first-order chi connectivity index (χ1) is 5.24. The van der Waals surface area contributed by atoms with E-state index in [2.05, 4.69) is 0 Å². The van der Waals surface area contributed by atoms with Crippen LogP contribution in [0, 0.1) is 6.61 Å². The van der Waals surface area contributed by atoms with E-state index < -0.39 is 9.05 Å². The Balaban J connectivity index is 3.84. The molecule has 0 aromatic heterocycles. The van der Waals surface area contributed by atoms with E-state index in [1.807, 2.05) is 6.92 Å². The smallest absolute Gasteiger partial charge is 0.355 e. The predicted octanol–water partition coefficient (Wildman–Crippen LogP) is 0.950. The van der Waals surface area contributed by atoms with Crippen LogP contribution in [0.2, 0.25) is 0 Å². The van der Waals surface area contributed by atoms with Gasteiger partial charge in [-0.1, -0.05) is 6.92 Å². The Labute approximate surface area is 68.9 Å². The lowest BCUT2D eigenvalue weighted by atomic mass is 10.5. The summed E-state index contributed by atoms with van der Waals surface area (Å²) in [7, 11) is 1.71. The first-order valence-corrected chi connectivity index (χ1v) is 5.03. The molecule has 0 fully saturated rings. The molecule has 0 heterocycles. The molecule has 0 saturated carbocycles. The van der Waals surface area contributed by atoms with Crippen molar-refractivity contribution in [2.24, 2.45) is 0 Å². The Hall–Kier alpha value is 0.0569. The molecule has 0 saturated heterocycles. The Morgan fingerprint density at radius 3 is 1.82 bits per heavy atom. The zero-order valence-corrected chi connectivity index (χ0v) is 8.42. The maximum absolute atomic E-state index is 5.17. The molecule has 4 nitrogen and oxygen atoms in total. The largest absolute Gasteiger partial charge is 0.679 e. The van der Waals surface area contributed by atoms with Crippen LogP contribution in [0.25, 0.3) is 0 Å². The fourth-order valence-corrected chi connectivity index (χ4v) is 1.74. The van der Waals surface area contributed by atoms with Crippen LogP contribution >= 0.6 is 0 Å². The Kier molecular flexibility index (Phi) is 5.70. The SMILES string of the molecule is CC[CH]O[Si](OC)(OC)OC. The van der Waals surface area contributed by atoms with Crippen molar-refractivity contribution in [1.82, 2.24) is 0 Å². The zero-order valence-electron chi connectivity index (χ0n) is 7.42. The van der Waals surface area contributed by atoms with Gasteiger partial charge in [-0.2, -0.15) is 0 Å². The molecule has 0 bridgehead atoms. The minimum absolute atomic E-state index is 0.796. The normalized spacial score (nSPS) is 12.0. The van der Waals surface area contributed by atoms with Gasteiger partial charge in [0.05, 0.1) is 6.61 Å². The quantitative estimate of drug-likeness (QED) is 0.569. The van der Waals surface area contributed by atoms with Crippen LogP contribution in [0.3, 0.4) is 0 Å². The molecular formula is C6H15O4Si. The lowest BCUT2D eigenvalue weighted by Gasteiger charge is -2.21. The van der Waals surface area contributed by atoms with Crippen molar-refractivity contribution < 1.29 is 17.7 Å². The lowest BCUT2D eigenvalue weighted by Crippen LogP contribution is -2.45. The molecule has 0 aliphatic heterocycles. The van der Waals surface area contributed by atoms with Crippen molar-refractivity contribution >= 4 is 9.05 Å². The molecule has 0 rings (SSSR count). The maximum atomic E-state index is 5.17. The van der Waals surface area contributed by atoms with Crippen molar-refractivity contribution in [3.8, 4) is 0 Å². The van der Waals surface area contributed by atoms with E-state index in [1.54, 1.807) is 6.61 Å². The second-order valence-electron chi connectivity index (χ2n) is 1.81. The summed E-state index contributed by atoms with van der Waals surface area (Å²) in [6, 6.07) is 0. The molecule has 11 heavy (non-hydrogen) atoms. The molecule has 67 valence electrons. The highest BCUT2D eigenvalue weighted by Crippen LogP contribution is 2.09. The van der Waals surface area contributed by atoms with Crippen LogP contribution in [0.5, 0.6) is 0 Å². The van der Waals surface area contributed by atoms with Crippen molar-refractivity contribution in [3.63, 3.8) is 0 Å². The molecule has 1 radical (unpaired) electrons. The monoisotopic (exact) mass is 179 g/mol. The Morgan fingerprint density at radius 2 is 1.55 bits per heavy atom. The Morgan fingerprint density at radius 1 is 1.09 bits per heavy atom. The molecular weight excluding hydrogens is 164 g/mol. The third-order valence-corrected chi connectivity index (χ3v) is 3.10. The van der Waals surface area contributed by atoms with Gasteiger partial charge in [0.25, 0.3) is 0 Å². The van der Waals surface area contributed by atoms with E-state index in [-0.39, 0.29) is 0 Å². The van der Waals surface area contributed by atoms with Gasteiger partial charge in [-0.25, -0.2) is 0 Å². The summed E-state index contributed by atoms with van der Waals surface area (Å²) < 4.78 is 20.1. The summed E-state index contributed by atoms with van der Waals surface area (Å²) in [5.41, 5.74) is 0. The summed E-state index contributed by atoms with van der Waals surface area (Å²) in [5, 5.41) is 0. The second kappa shape index (κ2) is 5.67. The van der Waals surface area contributed by atoms with Crippen molar-refractivity contribution in [3.05, 3.63) is 6.61 Å². The van der Waals surface area contributed by atoms with Crippen LogP contribution in [0.4, 0.5) is 0 Å². The van der Waals surface area contributed by atoms with Gasteiger partial charge in [-0.15, -0.1) is 0 Å². The van der Waals surface area contributed by atoms with E-state index in [9.17, 15) is 0 Å². The fourth-order valence-electron chi connectivity index (χ4n) is 0.580. The molecule has 5 heteroatoms. The summed E-state index contributed by atoms with van der Waals surface area (Å²) >= 11 is 0. The fraction of sp³-hybridized carbons (Fsp3) is 0.833. The molecule has 0 unspecified atom stereocenters. The van der Waals surface area contributed by atoms with Crippen molar-refractivity contribution in [2.45, 2.75) is 13.3 Å². The second-order valence-corrected chi connectivity index (χ2v) is 4.27. The summed E-state index contributed by atoms with van der Waals surface area (Å²) in [4.78, 5) is 0. The molecule has 0 amide bonds. The van der Waals surface area contributed by atoms with E-state index in [0.717, 1.165) is 6.42 Å². The van der Waals surface area contributed by atoms with Crippen molar-refractivity contribution in [1.29, 1.82) is 0 Å². The summed E-state index contributed by atoms with van der Waals surface area (Å²) in [6.07, 6.45) is 0.796. The van der Waals surface area contributed by atoms with Gasteiger partial charge < -0.3 is 17.7 Å². The van der Waals surface area contributed by atoms with Crippen LogP contribution in [0.15, 0.2) is 0 Å². The highest BCUT2D eigenvalue weighted by Gasteiger charge is 2.41.